The first-order valence-corrected chi connectivity index (χ1v) is 6.59. The maximum atomic E-state index is 11.9. The summed E-state index contributed by atoms with van der Waals surface area (Å²) in [6.07, 6.45) is 1.99. The zero-order valence-electron chi connectivity index (χ0n) is 11.4. The number of hydrogen-bond donors (Lipinski definition) is 0. The van der Waals surface area contributed by atoms with Crippen LogP contribution in [0.3, 0.4) is 0 Å². The quantitative estimate of drug-likeness (QED) is 0.466. The molecule has 0 atom stereocenters. The summed E-state index contributed by atoms with van der Waals surface area (Å²) >= 11 is 5.57. The molecule has 0 fully saturated rings. The van der Waals surface area contributed by atoms with Crippen LogP contribution >= 0.6 is 11.6 Å². The molecule has 6 heteroatoms. The molecule has 0 unspecified atom stereocenters. The van der Waals surface area contributed by atoms with Crippen LogP contribution in [0.5, 0.6) is 0 Å². The fourth-order valence-corrected chi connectivity index (χ4v) is 1.52. The predicted molar refractivity (Wildman–Crippen MR) is 71.7 cm³/mol. The summed E-state index contributed by atoms with van der Waals surface area (Å²) in [6.45, 7) is 0.980. The van der Waals surface area contributed by atoms with Crippen LogP contribution in [-0.4, -0.2) is 68.4 Å². The molecule has 106 valence electrons. The summed E-state index contributed by atoms with van der Waals surface area (Å²) in [6, 6.07) is 0. The van der Waals surface area contributed by atoms with Gasteiger partial charge in [-0.1, -0.05) is 0 Å². The van der Waals surface area contributed by atoms with Gasteiger partial charge in [0.25, 0.3) is 0 Å². The monoisotopic (exact) mass is 278 g/mol. The molecule has 0 bridgehead atoms. The van der Waals surface area contributed by atoms with Crippen molar-refractivity contribution in [3.63, 3.8) is 0 Å². The average molecular weight is 279 g/mol. The fourth-order valence-electron chi connectivity index (χ4n) is 1.33. The van der Waals surface area contributed by atoms with Crippen molar-refractivity contribution < 1.29 is 14.3 Å². The van der Waals surface area contributed by atoms with Gasteiger partial charge < -0.3 is 14.5 Å². The molecule has 0 rings (SSSR count). The predicted octanol–water partition coefficient (Wildman–Crippen LogP) is 0.959. The van der Waals surface area contributed by atoms with E-state index in [0.717, 1.165) is 12.8 Å². The summed E-state index contributed by atoms with van der Waals surface area (Å²) in [5, 5.41) is 0. The van der Waals surface area contributed by atoms with Crippen LogP contribution in [0, 0.1) is 0 Å². The molecule has 0 spiro atoms. The molecule has 0 aromatic heterocycles. The number of hydrogen-bond acceptors (Lipinski definition) is 3. The van der Waals surface area contributed by atoms with E-state index in [2.05, 4.69) is 0 Å². The summed E-state index contributed by atoms with van der Waals surface area (Å²) in [5.41, 5.74) is 0. The molecular formula is C12H23ClN2O3. The van der Waals surface area contributed by atoms with Crippen molar-refractivity contribution in [1.29, 1.82) is 0 Å². The molecule has 0 heterocycles. The highest BCUT2D eigenvalue weighted by Crippen LogP contribution is 2.03. The minimum atomic E-state index is -0.0863. The number of carbonyl (C=O) groups is 2. The average Bonchev–Trinajstić information content (AvgIpc) is 2.34. The maximum Gasteiger partial charge on any atom is 0.241 e. The summed E-state index contributed by atoms with van der Waals surface area (Å²) < 4.78 is 4.95. The number of likely N-dealkylation sites (N-methyl/N-ethyl adjacent to an activating group) is 1. The van der Waals surface area contributed by atoms with E-state index in [9.17, 15) is 9.59 Å². The molecule has 2 amide bonds. The largest absolute Gasteiger partial charge is 0.383 e. The molecular weight excluding hydrogens is 256 g/mol. The van der Waals surface area contributed by atoms with E-state index < -0.39 is 0 Å². The van der Waals surface area contributed by atoms with Crippen molar-refractivity contribution in [3.05, 3.63) is 0 Å². The molecule has 0 aliphatic rings. The second-order valence-electron chi connectivity index (χ2n) is 4.24. The molecule has 18 heavy (non-hydrogen) atoms. The number of halogens is 1. The number of methoxy groups -OCH3 is 1. The Balaban J connectivity index is 4.27. The van der Waals surface area contributed by atoms with Crippen LogP contribution in [0.1, 0.15) is 19.3 Å². The van der Waals surface area contributed by atoms with E-state index in [-0.39, 0.29) is 18.4 Å². The Morgan fingerprint density at radius 2 is 1.83 bits per heavy atom. The SMILES string of the molecule is COCCN(CC(=O)N(C)C)C(=O)CCCCCl. The van der Waals surface area contributed by atoms with Gasteiger partial charge in [0.1, 0.15) is 0 Å². The second kappa shape index (κ2) is 10.1. The molecule has 0 saturated carbocycles. The lowest BCUT2D eigenvalue weighted by molar-refractivity contribution is -0.139. The molecule has 0 saturated heterocycles. The van der Waals surface area contributed by atoms with Gasteiger partial charge in [0.15, 0.2) is 0 Å². The maximum absolute atomic E-state index is 11.9. The third-order valence-electron chi connectivity index (χ3n) is 2.52. The van der Waals surface area contributed by atoms with Gasteiger partial charge in [-0.05, 0) is 12.8 Å². The van der Waals surface area contributed by atoms with E-state index in [1.807, 2.05) is 0 Å². The van der Waals surface area contributed by atoms with Crippen LogP contribution in [0.2, 0.25) is 0 Å². The van der Waals surface area contributed by atoms with Crippen molar-refractivity contribution in [3.8, 4) is 0 Å². The normalized spacial score (nSPS) is 10.2. The Labute approximate surface area is 114 Å². The summed E-state index contributed by atoms with van der Waals surface area (Å²) in [4.78, 5) is 26.6. The van der Waals surface area contributed by atoms with Crippen molar-refractivity contribution in [1.82, 2.24) is 9.80 Å². The first-order valence-electron chi connectivity index (χ1n) is 6.05. The lowest BCUT2D eigenvalue weighted by atomic mass is 10.2. The van der Waals surface area contributed by atoms with Gasteiger partial charge in [-0.2, -0.15) is 0 Å². The minimum absolute atomic E-state index is 0.0210. The van der Waals surface area contributed by atoms with Crippen molar-refractivity contribution in [2.24, 2.45) is 0 Å². The number of alkyl halides is 1. The van der Waals surface area contributed by atoms with Gasteiger partial charge in [0, 0.05) is 40.1 Å². The van der Waals surface area contributed by atoms with Crippen LogP contribution in [0.15, 0.2) is 0 Å². The Morgan fingerprint density at radius 1 is 1.17 bits per heavy atom. The van der Waals surface area contributed by atoms with Crippen LogP contribution < -0.4 is 0 Å². The molecule has 0 aliphatic heterocycles. The molecule has 0 aromatic carbocycles. The van der Waals surface area contributed by atoms with Gasteiger partial charge >= 0.3 is 0 Å². The van der Waals surface area contributed by atoms with Gasteiger partial charge in [-0.3, -0.25) is 9.59 Å². The van der Waals surface area contributed by atoms with Crippen molar-refractivity contribution in [2.45, 2.75) is 19.3 Å². The summed E-state index contributed by atoms with van der Waals surface area (Å²) in [7, 11) is 4.92. The second-order valence-corrected chi connectivity index (χ2v) is 4.62. The zero-order chi connectivity index (χ0) is 14.0. The highest BCUT2D eigenvalue weighted by Gasteiger charge is 2.17. The summed E-state index contributed by atoms with van der Waals surface area (Å²) in [5.74, 6) is 0.450. The highest BCUT2D eigenvalue weighted by atomic mass is 35.5. The third kappa shape index (κ3) is 7.50. The number of ether oxygens (including phenoxy) is 1. The Morgan fingerprint density at radius 3 is 2.33 bits per heavy atom. The first-order chi connectivity index (χ1) is 8.52. The number of nitrogens with zero attached hydrogens (tertiary/aromatic N) is 2. The topological polar surface area (TPSA) is 49.9 Å². The van der Waals surface area contributed by atoms with Crippen molar-refractivity contribution >= 4 is 23.4 Å². The number of carbonyl (C=O) groups excluding carboxylic acids is 2. The molecule has 0 aromatic rings. The lowest BCUT2D eigenvalue weighted by Gasteiger charge is -2.23. The zero-order valence-corrected chi connectivity index (χ0v) is 12.2. The highest BCUT2D eigenvalue weighted by molar-refractivity contribution is 6.17. The molecule has 0 aliphatic carbocycles. The molecule has 0 radical (unpaired) electrons. The van der Waals surface area contributed by atoms with Crippen LogP contribution in [-0.2, 0) is 14.3 Å². The third-order valence-corrected chi connectivity index (χ3v) is 2.78. The standard InChI is InChI=1S/C12H23ClN2O3/c1-14(2)12(17)10-15(8-9-18-3)11(16)6-4-5-7-13/h4-10H2,1-3H3. The minimum Gasteiger partial charge on any atom is -0.383 e. The van der Waals surface area contributed by atoms with Crippen LogP contribution in [0.4, 0.5) is 0 Å². The Bertz CT molecular complexity index is 260. The Hall–Kier alpha value is -0.810. The van der Waals surface area contributed by atoms with E-state index in [4.69, 9.17) is 16.3 Å². The van der Waals surface area contributed by atoms with Crippen LogP contribution in [0.25, 0.3) is 0 Å². The first kappa shape index (κ1) is 17.2. The van der Waals surface area contributed by atoms with E-state index in [1.165, 1.54) is 4.90 Å². The van der Waals surface area contributed by atoms with Crippen molar-refractivity contribution in [2.75, 3.05) is 46.8 Å². The van der Waals surface area contributed by atoms with Gasteiger partial charge in [-0.15, -0.1) is 11.6 Å². The smallest absolute Gasteiger partial charge is 0.241 e. The number of rotatable bonds is 9. The molecule has 5 nitrogen and oxygen atoms in total. The fraction of sp³-hybridized carbons (Fsp3) is 0.833. The number of amides is 2. The van der Waals surface area contributed by atoms with E-state index >= 15 is 0 Å². The van der Waals surface area contributed by atoms with E-state index in [1.54, 1.807) is 26.1 Å². The van der Waals surface area contributed by atoms with E-state index in [0.29, 0.717) is 25.5 Å². The molecule has 0 N–H and O–H groups in total. The lowest BCUT2D eigenvalue weighted by Crippen LogP contribution is -2.41. The van der Waals surface area contributed by atoms with Gasteiger partial charge in [0.05, 0.1) is 13.2 Å². The van der Waals surface area contributed by atoms with Gasteiger partial charge in [-0.25, -0.2) is 0 Å². The van der Waals surface area contributed by atoms with Gasteiger partial charge in [0.2, 0.25) is 11.8 Å². The number of unbranched alkanes of at least 4 members (excludes halogenated alkanes) is 1. The Kier molecular flexibility index (Phi) is 9.69.